The summed E-state index contributed by atoms with van der Waals surface area (Å²) in [4.78, 5) is 16.0. The van der Waals surface area contributed by atoms with Crippen molar-refractivity contribution in [2.45, 2.75) is 32.3 Å². The van der Waals surface area contributed by atoms with E-state index < -0.39 is 0 Å². The number of guanidine groups is 1. The Morgan fingerprint density at radius 1 is 1.16 bits per heavy atom. The Labute approximate surface area is 184 Å². The molecule has 0 radical (unpaired) electrons. The second-order valence-electron chi connectivity index (χ2n) is 8.09. The van der Waals surface area contributed by atoms with Gasteiger partial charge in [-0.2, -0.15) is 0 Å². The first-order valence-corrected chi connectivity index (χ1v) is 10.6. The normalized spacial score (nSPS) is 14.4. The van der Waals surface area contributed by atoms with Crippen LogP contribution in [-0.4, -0.2) is 51.3 Å². The van der Waals surface area contributed by atoms with Crippen molar-refractivity contribution in [1.29, 1.82) is 0 Å². The predicted molar refractivity (Wildman–Crippen MR) is 123 cm³/mol. The van der Waals surface area contributed by atoms with Gasteiger partial charge in [0.1, 0.15) is 12.2 Å². The van der Waals surface area contributed by atoms with Crippen molar-refractivity contribution in [1.82, 2.24) is 16.0 Å². The molecule has 166 valence electrons. The molecular formula is C24H32N4O3. The van der Waals surface area contributed by atoms with Crippen molar-refractivity contribution in [3.63, 3.8) is 0 Å². The lowest BCUT2D eigenvalue weighted by molar-refractivity contribution is 0.0963. The van der Waals surface area contributed by atoms with Gasteiger partial charge in [-0.15, -0.1) is 0 Å². The van der Waals surface area contributed by atoms with Gasteiger partial charge in [-0.1, -0.05) is 24.3 Å². The maximum atomic E-state index is 11.8. The first-order chi connectivity index (χ1) is 14.9. The molecule has 7 heteroatoms. The van der Waals surface area contributed by atoms with Crippen LogP contribution in [0.5, 0.6) is 11.5 Å². The zero-order valence-electron chi connectivity index (χ0n) is 18.7. The van der Waals surface area contributed by atoms with E-state index in [1.54, 1.807) is 14.1 Å². The molecule has 0 saturated heterocycles. The lowest BCUT2D eigenvalue weighted by Crippen LogP contribution is -2.40. The number of ether oxygens (including phenoxy) is 2. The second kappa shape index (κ2) is 10.2. The van der Waals surface area contributed by atoms with Crippen molar-refractivity contribution in [3.8, 4) is 11.5 Å². The van der Waals surface area contributed by atoms with Crippen LogP contribution in [0.25, 0.3) is 0 Å². The summed E-state index contributed by atoms with van der Waals surface area (Å²) in [5, 5.41) is 9.19. The van der Waals surface area contributed by atoms with Gasteiger partial charge in [0.15, 0.2) is 17.5 Å². The van der Waals surface area contributed by atoms with Gasteiger partial charge in [-0.25, -0.2) is 0 Å². The van der Waals surface area contributed by atoms with Crippen LogP contribution in [0.1, 0.15) is 35.3 Å². The number of carbonyl (C=O) groups is 1. The lowest BCUT2D eigenvalue weighted by atomic mass is 10.0. The Hall–Kier alpha value is -3.22. The van der Waals surface area contributed by atoms with Gasteiger partial charge in [0.2, 0.25) is 0 Å². The molecular weight excluding hydrogens is 392 g/mol. The maximum Gasteiger partial charge on any atom is 0.251 e. The molecule has 1 amide bonds. The number of para-hydroxylation sites is 1. The fourth-order valence-corrected chi connectivity index (χ4v) is 3.59. The monoisotopic (exact) mass is 424 g/mol. The topological polar surface area (TPSA) is 84.0 Å². The largest absolute Gasteiger partial charge is 0.488 e. The van der Waals surface area contributed by atoms with Gasteiger partial charge < -0.3 is 25.4 Å². The minimum absolute atomic E-state index is 0.0784. The lowest BCUT2D eigenvalue weighted by Gasteiger charge is -2.18. The molecule has 0 fully saturated rings. The summed E-state index contributed by atoms with van der Waals surface area (Å²) in [6.45, 7) is 5.98. The number of nitrogens with zero attached hydrogens (tertiary/aromatic N) is 1. The SMILES string of the molecule is CN=C(NCCOc1cccc2c1OC(C)(C)C2)NCCc1cccc(C(=O)NC)c1. The van der Waals surface area contributed by atoms with Crippen molar-refractivity contribution in [2.75, 3.05) is 33.8 Å². The summed E-state index contributed by atoms with van der Waals surface area (Å²) in [7, 11) is 3.37. The molecule has 2 aromatic rings. The van der Waals surface area contributed by atoms with E-state index in [2.05, 4.69) is 40.9 Å². The average molecular weight is 425 g/mol. The standard InChI is InChI=1S/C24H32N4O3/c1-24(2)16-19-9-6-10-20(21(19)31-24)30-14-13-28-23(26-4)27-12-11-17-7-5-8-18(15-17)22(29)25-3/h5-10,15H,11-14,16H2,1-4H3,(H,25,29)(H2,26,27,28). The van der Waals surface area contributed by atoms with Gasteiger partial charge in [-0.3, -0.25) is 9.79 Å². The predicted octanol–water partition coefficient (Wildman–Crippen LogP) is 2.55. The third kappa shape index (κ3) is 6.13. The molecule has 31 heavy (non-hydrogen) atoms. The molecule has 1 heterocycles. The van der Waals surface area contributed by atoms with Crippen LogP contribution >= 0.6 is 0 Å². The van der Waals surface area contributed by atoms with Crippen molar-refractivity contribution in [2.24, 2.45) is 4.99 Å². The molecule has 0 bridgehead atoms. The molecule has 1 aliphatic heterocycles. The average Bonchev–Trinajstić information content (AvgIpc) is 3.09. The molecule has 0 aliphatic carbocycles. The Bertz CT molecular complexity index is 940. The fourth-order valence-electron chi connectivity index (χ4n) is 3.59. The fraction of sp³-hybridized carbons (Fsp3) is 0.417. The smallest absolute Gasteiger partial charge is 0.251 e. The third-order valence-corrected chi connectivity index (χ3v) is 5.05. The van der Waals surface area contributed by atoms with Crippen molar-refractivity contribution < 1.29 is 14.3 Å². The summed E-state index contributed by atoms with van der Waals surface area (Å²) in [6.07, 6.45) is 1.67. The van der Waals surface area contributed by atoms with Crippen molar-refractivity contribution >= 4 is 11.9 Å². The summed E-state index contributed by atoms with van der Waals surface area (Å²) in [5.74, 6) is 2.27. The molecule has 3 N–H and O–H groups in total. The first-order valence-electron chi connectivity index (χ1n) is 10.6. The van der Waals surface area contributed by atoms with E-state index in [4.69, 9.17) is 9.47 Å². The quantitative estimate of drug-likeness (QED) is 0.345. The van der Waals surface area contributed by atoms with Crippen LogP contribution in [-0.2, 0) is 12.8 Å². The van der Waals surface area contributed by atoms with Crippen molar-refractivity contribution in [3.05, 3.63) is 59.2 Å². The van der Waals surface area contributed by atoms with Crippen LogP contribution in [0.4, 0.5) is 0 Å². The zero-order valence-corrected chi connectivity index (χ0v) is 18.7. The van der Waals surface area contributed by atoms with Crippen LogP contribution in [0.2, 0.25) is 0 Å². The Morgan fingerprint density at radius 3 is 2.71 bits per heavy atom. The van der Waals surface area contributed by atoms with Gasteiger partial charge in [0.25, 0.3) is 5.91 Å². The number of amides is 1. The first kappa shape index (κ1) is 22.5. The summed E-state index contributed by atoms with van der Waals surface area (Å²) < 4.78 is 12.0. The van der Waals surface area contributed by atoms with Crippen LogP contribution in [0, 0.1) is 0 Å². The third-order valence-electron chi connectivity index (χ3n) is 5.05. The second-order valence-corrected chi connectivity index (χ2v) is 8.09. The Balaban J connectivity index is 1.41. The summed E-state index contributed by atoms with van der Waals surface area (Å²) in [6, 6.07) is 13.7. The number of fused-ring (bicyclic) bond motifs is 1. The van der Waals surface area contributed by atoms with E-state index in [1.165, 1.54) is 5.56 Å². The van der Waals surface area contributed by atoms with E-state index >= 15 is 0 Å². The minimum Gasteiger partial charge on any atom is -0.488 e. The number of benzene rings is 2. The Kier molecular flexibility index (Phi) is 7.39. The molecule has 0 aromatic heterocycles. The van der Waals surface area contributed by atoms with E-state index in [0.717, 1.165) is 29.9 Å². The van der Waals surface area contributed by atoms with Gasteiger partial charge in [0.05, 0.1) is 6.54 Å². The van der Waals surface area contributed by atoms with E-state index in [1.807, 2.05) is 36.4 Å². The molecule has 0 spiro atoms. The zero-order chi connectivity index (χ0) is 22.3. The number of rotatable bonds is 8. The molecule has 0 unspecified atom stereocenters. The molecule has 0 saturated carbocycles. The Morgan fingerprint density at radius 2 is 1.94 bits per heavy atom. The van der Waals surface area contributed by atoms with E-state index in [9.17, 15) is 4.79 Å². The number of hydrogen-bond acceptors (Lipinski definition) is 4. The van der Waals surface area contributed by atoms with Crippen LogP contribution in [0.15, 0.2) is 47.5 Å². The number of carbonyl (C=O) groups excluding carboxylic acids is 1. The molecule has 2 aromatic carbocycles. The highest BCUT2D eigenvalue weighted by Gasteiger charge is 2.32. The highest BCUT2D eigenvalue weighted by Crippen LogP contribution is 2.41. The highest BCUT2D eigenvalue weighted by molar-refractivity contribution is 5.94. The number of hydrogen-bond donors (Lipinski definition) is 3. The van der Waals surface area contributed by atoms with Crippen LogP contribution in [0.3, 0.4) is 0 Å². The number of nitrogens with one attached hydrogen (secondary N) is 3. The number of aliphatic imine (C=N–C) groups is 1. The van der Waals surface area contributed by atoms with Crippen LogP contribution < -0.4 is 25.4 Å². The van der Waals surface area contributed by atoms with Gasteiger partial charge >= 0.3 is 0 Å². The molecule has 3 rings (SSSR count). The van der Waals surface area contributed by atoms with E-state index in [0.29, 0.717) is 31.2 Å². The summed E-state index contributed by atoms with van der Waals surface area (Å²) in [5.41, 5.74) is 2.76. The maximum absolute atomic E-state index is 11.8. The van der Waals surface area contributed by atoms with E-state index in [-0.39, 0.29) is 11.5 Å². The molecule has 1 aliphatic rings. The van der Waals surface area contributed by atoms with Gasteiger partial charge in [-0.05, 0) is 44.0 Å². The molecule has 7 nitrogen and oxygen atoms in total. The molecule has 0 atom stereocenters. The van der Waals surface area contributed by atoms with Gasteiger partial charge in [0, 0.05) is 38.2 Å². The summed E-state index contributed by atoms with van der Waals surface area (Å²) >= 11 is 0. The highest BCUT2D eigenvalue weighted by atomic mass is 16.5. The minimum atomic E-state index is -0.189.